The van der Waals surface area contributed by atoms with Crippen molar-refractivity contribution >= 4 is 22.8 Å². The first-order valence-electron chi connectivity index (χ1n) is 12.8. The number of H-pyrrole nitrogens is 1. The highest BCUT2D eigenvalue weighted by Crippen LogP contribution is 2.23. The second-order valence-corrected chi connectivity index (χ2v) is 9.61. The maximum absolute atomic E-state index is 12.3. The van der Waals surface area contributed by atoms with Crippen LogP contribution >= 0.6 is 0 Å². The molecule has 3 N–H and O–H groups in total. The van der Waals surface area contributed by atoms with Crippen LogP contribution in [0.1, 0.15) is 83.3 Å². The lowest BCUT2D eigenvalue weighted by atomic mass is 9.93. The van der Waals surface area contributed by atoms with E-state index in [4.69, 9.17) is 4.18 Å². The van der Waals surface area contributed by atoms with Crippen LogP contribution in [0.4, 0.5) is 0 Å². The summed E-state index contributed by atoms with van der Waals surface area (Å²) >= 11 is -1.43. The van der Waals surface area contributed by atoms with Crippen molar-refractivity contribution in [1.29, 1.82) is 0 Å². The summed E-state index contributed by atoms with van der Waals surface area (Å²) in [5.41, 5.74) is 2.45. The van der Waals surface area contributed by atoms with Crippen LogP contribution in [0.3, 0.4) is 0 Å². The van der Waals surface area contributed by atoms with E-state index in [-0.39, 0.29) is 17.4 Å². The predicted molar refractivity (Wildman–Crippen MR) is 155 cm³/mol. The summed E-state index contributed by atoms with van der Waals surface area (Å²) in [6.45, 7) is 16.3. The molecule has 9 nitrogen and oxygen atoms in total. The topological polar surface area (TPSA) is 113 Å². The van der Waals surface area contributed by atoms with Gasteiger partial charge in [0.25, 0.3) is 17.2 Å². The molecule has 0 aliphatic heterocycles. The molecule has 4 aromatic rings. The molecule has 0 bridgehead atoms. The van der Waals surface area contributed by atoms with Gasteiger partial charge in [-0.05, 0) is 38.2 Å². The highest BCUT2D eigenvalue weighted by molar-refractivity contribution is 7.78. The van der Waals surface area contributed by atoms with Gasteiger partial charge >= 0.3 is 0 Å². The van der Waals surface area contributed by atoms with Gasteiger partial charge in [-0.1, -0.05) is 84.9 Å². The Labute approximate surface area is 229 Å². The number of carbonyl (C=O) groups is 1. The normalized spacial score (nSPS) is 11.9. The van der Waals surface area contributed by atoms with Crippen molar-refractivity contribution in [1.82, 2.24) is 29.9 Å². The molecular weight excluding hydrogens is 500 g/mol. The number of para-hydroxylation sites is 1. The smallest absolute Gasteiger partial charge is 0.287 e. The van der Waals surface area contributed by atoms with Gasteiger partial charge in [-0.2, -0.15) is 4.21 Å². The van der Waals surface area contributed by atoms with Crippen molar-refractivity contribution < 1.29 is 13.2 Å². The summed E-state index contributed by atoms with van der Waals surface area (Å²) in [5, 5.41) is 14.7. The second-order valence-electron chi connectivity index (χ2n) is 8.57. The van der Waals surface area contributed by atoms with Gasteiger partial charge in [-0.15, -0.1) is 10.2 Å². The van der Waals surface area contributed by atoms with Crippen molar-refractivity contribution in [3.63, 3.8) is 0 Å². The Kier molecular flexibility index (Phi) is 14.0. The quantitative estimate of drug-likeness (QED) is 0.287. The Morgan fingerprint density at radius 1 is 0.974 bits per heavy atom. The van der Waals surface area contributed by atoms with E-state index >= 15 is 0 Å². The molecule has 1 amide bonds. The Bertz CT molecular complexity index is 1230. The molecule has 2 unspecified atom stereocenters. The van der Waals surface area contributed by atoms with Gasteiger partial charge in [0.15, 0.2) is 11.5 Å². The molecule has 0 saturated heterocycles. The number of aromatic amines is 1. The standard InChI is InChI=1S/C17H21N5O.C7H9NO2S.2C2H6/c1-11(18-16(23)12-8-6-5-7-9-12)15-20-19-14-10-13(17(2,3)4)21-22(14)15;1-8-11(9)10-7-5-3-2-4-6-7;2*1-2/h5-11,21H,1-4H3,(H,18,23);2-6,8H,1H3;2*1-2H3. The van der Waals surface area contributed by atoms with Gasteiger partial charge in [-0.25, -0.2) is 9.24 Å². The van der Waals surface area contributed by atoms with E-state index in [1.807, 2.05) is 81.6 Å². The number of carbonyl (C=O) groups excluding carboxylic acids is 1. The molecule has 38 heavy (non-hydrogen) atoms. The number of aromatic nitrogens is 4. The fourth-order valence-corrected chi connectivity index (χ4v) is 3.37. The van der Waals surface area contributed by atoms with Crippen molar-refractivity contribution in [2.75, 3.05) is 7.05 Å². The van der Waals surface area contributed by atoms with Crippen LogP contribution < -0.4 is 14.2 Å². The summed E-state index contributed by atoms with van der Waals surface area (Å²) in [5.74, 6) is 1.15. The van der Waals surface area contributed by atoms with Crippen LogP contribution in [0, 0.1) is 0 Å². The van der Waals surface area contributed by atoms with E-state index in [9.17, 15) is 9.00 Å². The van der Waals surface area contributed by atoms with Crippen LogP contribution in [0.25, 0.3) is 5.65 Å². The van der Waals surface area contributed by atoms with Crippen molar-refractivity contribution in [2.24, 2.45) is 0 Å². The van der Waals surface area contributed by atoms with E-state index in [1.54, 1.807) is 31.3 Å². The number of amides is 1. The minimum absolute atomic E-state index is 0.00546. The zero-order valence-electron chi connectivity index (χ0n) is 23.9. The molecule has 0 aliphatic rings. The van der Waals surface area contributed by atoms with Gasteiger partial charge in [0.05, 0.1) is 6.04 Å². The summed E-state index contributed by atoms with van der Waals surface area (Å²) in [6, 6.07) is 19.9. The fraction of sp³-hybridized carbons (Fsp3) is 0.393. The van der Waals surface area contributed by atoms with Gasteiger partial charge in [-0.3, -0.25) is 9.89 Å². The average Bonchev–Trinajstić information content (AvgIpc) is 3.54. The van der Waals surface area contributed by atoms with Gasteiger partial charge < -0.3 is 9.50 Å². The average molecular weight is 543 g/mol. The van der Waals surface area contributed by atoms with Gasteiger partial charge in [0.1, 0.15) is 5.75 Å². The van der Waals surface area contributed by atoms with E-state index in [2.05, 4.69) is 46.1 Å². The lowest BCUT2D eigenvalue weighted by molar-refractivity contribution is 0.0938. The first-order valence-corrected chi connectivity index (χ1v) is 13.9. The molecule has 4 rings (SSSR count). The summed E-state index contributed by atoms with van der Waals surface area (Å²) < 4.78 is 20.0. The molecular formula is C28H42N6O3S. The maximum Gasteiger partial charge on any atom is 0.287 e. The summed E-state index contributed by atoms with van der Waals surface area (Å²) in [4.78, 5) is 12.3. The van der Waals surface area contributed by atoms with Crippen LogP contribution in [0.5, 0.6) is 5.75 Å². The third-order valence-corrected chi connectivity index (χ3v) is 5.56. The molecule has 2 heterocycles. The summed E-state index contributed by atoms with van der Waals surface area (Å²) in [7, 11) is 1.57. The van der Waals surface area contributed by atoms with Crippen LogP contribution in [-0.2, 0) is 16.7 Å². The zero-order valence-corrected chi connectivity index (χ0v) is 24.7. The third kappa shape index (κ3) is 9.75. The Morgan fingerprint density at radius 2 is 1.53 bits per heavy atom. The van der Waals surface area contributed by atoms with Crippen molar-refractivity contribution in [3.8, 4) is 5.75 Å². The van der Waals surface area contributed by atoms with Gasteiger partial charge in [0.2, 0.25) is 0 Å². The highest BCUT2D eigenvalue weighted by atomic mass is 32.2. The number of hydrogen-bond donors (Lipinski definition) is 3. The minimum atomic E-state index is -1.43. The monoisotopic (exact) mass is 542 g/mol. The number of hydrogen-bond acceptors (Lipinski definition) is 5. The maximum atomic E-state index is 12.3. The molecule has 0 spiro atoms. The molecule has 0 saturated carbocycles. The largest absolute Gasteiger partial charge is 0.389 e. The zero-order chi connectivity index (χ0) is 28.7. The highest BCUT2D eigenvalue weighted by Gasteiger charge is 2.22. The molecule has 2 aromatic carbocycles. The van der Waals surface area contributed by atoms with E-state index in [0.29, 0.717) is 17.1 Å². The molecule has 10 heteroatoms. The first kappa shape index (κ1) is 32.5. The fourth-order valence-electron chi connectivity index (χ4n) is 3.00. The Morgan fingerprint density at radius 3 is 2.05 bits per heavy atom. The number of rotatable bonds is 6. The van der Waals surface area contributed by atoms with E-state index < -0.39 is 11.3 Å². The van der Waals surface area contributed by atoms with Crippen LogP contribution in [0.2, 0.25) is 0 Å². The number of nitrogens with one attached hydrogen (secondary N) is 3. The van der Waals surface area contributed by atoms with Gasteiger partial charge in [0, 0.05) is 22.7 Å². The van der Waals surface area contributed by atoms with Crippen LogP contribution in [-0.4, -0.2) is 37.0 Å². The summed E-state index contributed by atoms with van der Waals surface area (Å²) in [6.07, 6.45) is 0. The molecule has 0 aliphatic carbocycles. The Balaban J connectivity index is 0.000000405. The number of benzene rings is 2. The van der Waals surface area contributed by atoms with E-state index in [0.717, 1.165) is 11.3 Å². The minimum Gasteiger partial charge on any atom is -0.389 e. The van der Waals surface area contributed by atoms with Crippen molar-refractivity contribution in [3.05, 3.63) is 83.8 Å². The molecule has 2 atom stereocenters. The van der Waals surface area contributed by atoms with Crippen molar-refractivity contribution in [2.45, 2.75) is 66.8 Å². The van der Waals surface area contributed by atoms with E-state index in [1.165, 1.54) is 0 Å². The molecule has 208 valence electrons. The lowest BCUT2D eigenvalue weighted by Crippen LogP contribution is -2.28. The molecule has 0 fully saturated rings. The Hall–Kier alpha value is -3.50. The molecule has 0 radical (unpaired) electrons. The molecule has 2 aromatic heterocycles. The third-order valence-electron chi connectivity index (χ3n) is 4.88. The second kappa shape index (κ2) is 16.4. The lowest BCUT2D eigenvalue weighted by Gasteiger charge is -2.16. The number of fused-ring (bicyclic) bond motifs is 1. The number of nitrogens with zero attached hydrogens (tertiary/aromatic N) is 3. The SMILES string of the molecule is CC.CC.CC(NC(=O)c1ccccc1)c1nnc2cc(C(C)(C)C)[nH]n12.CNS(=O)Oc1ccccc1. The van der Waals surface area contributed by atoms with Crippen LogP contribution in [0.15, 0.2) is 66.7 Å². The predicted octanol–water partition coefficient (Wildman–Crippen LogP) is 5.76. The first-order chi connectivity index (χ1) is 18.2.